The smallest absolute Gasteiger partial charge is 0.320 e. The van der Waals surface area contributed by atoms with E-state index in [-0.39, 0.29) is 17.3 Å². The molecule has 3 aromatic rings. The minimum Gasteiger partial charge on any atom is -0.748 e. The van der Waals surface area contributed by atoms with Crippen LogP contribution in [-0.4, -0.2) is 63.5 Å². The van der Waals surface area contributed by atoms with Gasteiger partial charge in [-0.25, -0.2) is 12.9 Å². The minimum atomic E-state index is -4.48. The lowest BCUT2D eigenvalue weighted by atomic mass is 10.0. The van der Waals surface area contributed by atoms with Gasteiger partial charge in [0, 0.05) is 30.7 Å². The van der Waals surface area contributed by atoms with Crippen molar-refractivity contribution in [2.24, 2.45) is 0 Å². The molecule has 1 fully saturated rings. The number of fused-ring (bicyclic) bond motifs is 3. The van der Waals surface area contributed by atoms with E-state index in [1.807, 2.05) is 48.5 Å². The first-order valence-electron chi connectivity index (χ1n) is 14.1. The molecule has 3 aliphatic heterocycles. The van der Waals surface area contributed by atoms with E-state index in [4.69, 9.17) is 14.2 Å². The predicted molar refractivity (Wildman–Crippen MR) is 159 cm³/mol. The number of ether oxygens (including phenoxy) is 3. The van der Waals surface area contributed by atoms with Gasteiger partial charge < -0.3 is 18.8 Å². The van der Waals surface area contributed by atoms with Gasteiger partial charge in [0.2, 0.25) is 5.37 Å². The van der Waals surface area contributed by atoms with Gasteiger partial charge in [0.1, 0.15) is 11.8 Å². The van der Waals surface area contributed by atoms with Gasteiger partial charge in [0.25, 0.3) is 6.23 Å². The van der Waals surface area contributed by atoms with Crippen LogP contribution in [0.5, 0.6) is 17.2 Å². The van der Waals surface area contributed by atoms with Gasteiger partial charge in [-0.2, -0.15) is 8.42 Å². The lowest BCUT2D eigenvalue weighted by Crippen LogP contribution is -3.10. The zero-order valence-corrected chi connectivity index (χ0v) is 25.1. The zero-order chi connectivity index (χ0) is 30.4. The second kappa shape index (κ2) is 11.2. The van der Waals surface area contributed by atoms with E-state index < -0.39 is 37.6 Å². The third-order valence-electron chi connectivity index (χ3n) is 8.42. The third-order valence-corrected chi connectivity index (χ3v) is 10.5. The topological polar surface area (TPSA) is 144 Å². The highest BCUT2D eigenvalue weighted by atomic mass is 32.2. The molecule has 4 atom stereocenters. The number of nitrogens with zero attached hydrogens (tertiary/aromatic N) is 1. The highest BCUT2D eigenvalue weighted by Crippen LogP contribution is 2.52. The maximum Gasteiger partial charge on any atom is 0.320 e. The summed E-state index contributed by atoms with van der Waals surface area (Å²) >= 11 is 0. The Morgan fingerprint density at radius 1 is 1.02 bits per heavy atom. The number of hydrogen-bond acceptors (Lipinski definition) is 8. The largest absolute Gasteiger partial charge is 0.748 e. The molecule has 11 nitrogen and oxygen atoms in total. The molecule has 0 radical (unpaired) electrons. The Morgan fingerprint density at radius 2 is 1.79 bits per heavy atom. The first kappa shape index (κ1) is 29.6. The van der Waals surface area contributed by atoms with Crippen LogP contribution in [0, 0.1) is 0 Å². The monoisotopic (exact) mass is 629 g/mol. The number of methoxy groups -OCH3 is 1. The maximum absolute atomic E-state index is 12.7. The number of hydrogen-bond donors (Lipinski definition) is 2. The van der Waals surface area contributed by atoms with E-state index >= 15 is 0 Å². The first-order valence-corrected chi connectivity index (χ1v) is 17.2. The van der Waals surface area contributed by atoms with Gasteiger partial charge in [-0.1, -0.05) is 36.4 Å². The summed E-state index contributed by atoms with van der Waals surface area (Å²) in [5, 5.41) is -1.17. The highest BCUT2D eigenvalue weighted by molar-refractivity contribution is 7.86. The van der Waals surface area contributed by atoms with Gasteiger partial charge in [-0.15, -0.1) is 0 Å². The average Bonchev–Trinajstić information content (AvgIpc) is 3.65. The van der Waals surface area contributed by atoms with Crippen molar-refractivity contribution < 1.29 is 45.1 Å². The van der Waals surface area contributed by atoms with Crippen LogP contribution >= 0.6 is 0 Å². The molecule has 1 saturated heterocycles. The summed E-state index contributed by atoms with van der Waals surface area (Å²) in [4.78, 5) is 0.862. The predicted octanol–water partition coefficient (Wildman–Crippen LogP) is 3.17. The summed E-state index contributed by atoms with van der Waals surface area (Å²) in [6, 6.07) is 20.9. The lowest BCUT2D eigenvalue weighted by molar-refractivity contribution is -0.862. The van der Waals surface area contributed by atoms with Crippen molar-refractivity contribution in [2.75, 3.05) is 26.0 Å². The van der Waals surface area contributed by atoms with Crippen molar-refractivity contribution in [3.05, 3.63) is 78.7 Å². The molecule has 13 heteroatoms. The molecule has 43 heavy (non-hydrogen) atoms. The highest BCUT2D eigenvalue weighted by Gasteiger charge is 2.60. The third kappa shape index (κ3) is 5.64. The van der Waals surface area contributed by atoms with Crippen molar-refractivity contribution in [1.29, 1.82) is 0 Å². The summed E-state index contributed by atoms with van der Waals surface area (Å²) in [6.45, 7) is 0.822. The lowest BCUT2D eigenvalue weighted by Gasteiger charge is -2.32. The van der Waals surface area contributed by atoms with Gasteiger partial charge >= 0.3 is 16.0 Å². The number of benzene rings is 3. The molecule has 3 aliphatic rings. The zero-order valence-electron chi connectivity index (χ0n) is 23.5. The second-order valence-electron chi connectivity index (χ2n) is 11.0. The molecule has 0 aromatic heterocycles. The molecule has 0 aliphatic carbocycles. The molecular weight excluding hydrogens is 596 g/mol. The standard InChI is InChI=1S/C30H32N2O9S2/c1-39-23-12-14-27-25(19-23)32(16-7-10-30(32)43(36,37)38)29(41-27)20-28-31(15-5-6-17-42(33,34)35)24-18-22(11-13-26(24)40-28)21-8-3-2-4-9-21/h2-4,8-9,11-14,18-20,28,30H,5-7,10,15-17H2,1H3,(H-,33,34,35,36,37,38)/p+1. The maximum atomic E-state index is 12.7. The molecule has 3 heterocycles. The fraction of sp³-hybridized carbons (Fsp3) is 0.333. The first-order chi connectivity index (χ1) is 20.5. The summed E-state index contributed by atoms with van der Waals surface area (Å²) in [5.74, 6) is 1.49. The van der Waals surface area contributed by atoms with Crippen LogP contribution in [0.15, 0.2) is 78.7 Å². The molecule has 1 spiro atoms. The summed E-state index contributed by atoms with van der Waals surface area (Å²) in [7, 11) is -7.30. The Kier molecular flexibility index (Phi) is 7.73. The summed E-state index contributed by atoms with van der Waals surface area (Å²) in [5.41, 5.74) is 3.42. The fourth-order valence-corrected chi connectivity index (χ4v) is 8.28. The molecular formula is C30H33N2O9S2+. The van der Waals surface area contributed by atoms with Crippen LogP contribution in [0.25, 0.3) is 11.1 Å². The van der Waals surface area contributed by atoms with Crippen LogP contribution in [0.3, 0.4) is 0 Å². The van der Waals surface area contributed by atoms with Crippen molar-refractivity contribution in [3.8, 4) is 28.4 Å². The van der Waals surface area contributed by atoms with E-state index in [2.05, 4.69) is 0 Å². The number of quaternary nitrogens is 2. The molecule has 0 amide bonds. The quantitative estimate of drug-likeness (QED) is 0.207. The number of rotatable bonds is 9. The van der Waals surface area contributed by atoms with Crippen molar-refractivity contribution >= 4 is 31.6 Å². The Morgan fingerprint density at radius 3 is 2.51 bits per heavy atom. The average molecular weight is 630 g/mol. The van der Waals surface area contributed by atoms with E-state index in [1.165, 1.54) is 7.11 Å². The Hall–Kier alpha value is -3.46. The van der Waals surface area contributed by atoms with Crippen LogP contribution in [-0.2, 0) is 20.2 Å². The van der Waals surface area contributed by atoms with E-state index in [1.54, 1.807) is 24.3 Å². The molecule has 2 N–H and O–H groups in total. The Labute approximate surface area is 251 Å². The number of nitrogens with one attached hydrogen (secondary N) is 1. The number of unbranched alkanes of at least 4 members (excludes halogenated alkanes) is 1. The van der Waals surface area contributed by atoms with Crippen LogP contribution in [0.1, 0.15) is 25.7 Å². The van der Waals surface area contributed by atoms with E-state index in [0.717, 1.165) is 21.7 Å². The normalized spacial score (nSPS) is 25.4. The second-order valence-corrected chi connectivity index (χ2v) is 14.1. The van der Waals surface area contributed by atoms with Crippen LogP contribution < -0.4 is 23.6 Å². The van der Waals surface area contributed by atoms with E-state index in [0.29, 0.717) is 54.8 Å². The van der Waals surface area contributed by atoms with E-state index in [9.17, 15) is 25.9 Å². The Balaban J connectivity index is 1.41. The van der Waals surface area contributed by atoms with Gasteiger partial charge in [0.15, 0.2) is 22.9 Å². The summed E-state index contributed by atoms with van der Waals surface area (Å²) in [6.07, 6.45) is 2.50. The molecule has 0 saturated carbocycles. The molecule has 228 valence electrons. The summed E-state index contributed by atoms with van der Waals surface area (Å²) < 4.78 is 87.5. The minimum absolute atomic E-state index is 0.193. The molecule has 4 unspecified atom stereocenters. The molecule has 6 rings (SSSR count). The van der Waals surface area contributed by atoms with Crippen molar-refractivity contribution in [2.45, 2.75) is 37.3 Å². The fourth-order valence-electron chi connectivity index (χ4n) is 6.48. The van der Waals surface area contributed by atoms with Gasteiger partial charge in [-0.05, 0) is 42.2 Å². The molecule has 0 bridgehead atoms. The van der Waals surface area contributed by atoms with Crippen LogP contribution in [0.4, 0.5) is 11.4 Å². The van der Waals surface area contributed by atoms with Gasteiger partial charge in [-0.3, -0.25) is 9.45 Å². The van der Waals surface area contributed by atoms with Crippen molar-refractivity contribution in [3.63, 3.8) is 0 Å². The van der Waals surface area contributed by atoms with Crippen LogP contribution in [0.2, 0.25) is 0 Å². The Bertz CT molecular complexity index is 1780. The molecule has 3 aromatic carbocycles. The van der Waals surface area contributed by atoms with Crippen molar-refractivity contribution in [1.82, 2.24) is 4.48 Å². The van der Waals surface area contributed by atoms with Gasteiger partial charge in [0.05, 0.1) is 30.3 Å². The SMILES string of the molecule is COc1ccc2c(c1)[N+]1(CCCC1S(=O)(=O)O)C(=CC1Oc3ccc(-c4ccccc4)cc3[NH+]1CCCCS(=O)(=O)[O-])O2.